The Morgan fingerprint density at radius 3 is 2.35 bits per heavy atom. The van der Waals surface area contributed by atoms with E-state index in [1.165, 1.54) is 24.3 Å². The van der Waals surface area contributed by atoms with Crippen LogP contribution in [0.25, 0.3) is 0 Å². The van der Waals surface area contributed by atoms with Crippen LogP contribution in [0.2, 0.25) is 0 Å². The van der Waals surface area contributed by atoms with Gasteiger partial charge in [-0.05, 0) is 43.4 Å². The van der Waals surface area contributed by atoms with Gasteiger partial charge in [-0.2, -0.15) is 0 Å². The van der Waals surface area contributed by atoms with Crippen molar-refractivity contribution in [3.63, 3.8) is 0 Å². The molecule has 0 spiro atoms. The highest BCUT2D eigenvalue weighted by Gasteiger charge is 2.16. The van der Waals surface area contributed by atoms with E-state index >= 15 is 0 Å². The van der Waals surface area contributed by atoms with E-state index < -0.39 is 0 Å². The Bertz CT molecular complexity index is 666. The fourth-order valence-electron chi connectivity index (χ4n) is 2.39. The Balaban J connectivity index is 1.63. The van der Waals surface area contributed by atoms with Crippen LogP contribution in [0.15, 0.2) is 36.4 Å². The highest BCUT2D eigenvalue weighted by molar-refractivity contribution is 6.03. The monoisotopic (exact) mass is 315 g/mol. The first kappa shape index (κ1) is 15.4. The van der Waals surface area contributed by atoms with Crippen molar-refractivity contribution in [2.75, 3.05) is 43.4 Å². The van der Waals surface area contributed by atoms with E-state index in [4.69, 9.17) is 0 Å². The molecular formula is C16H18FN5O. The Morgan fingerprint density at radius 2 is 1.74 bits per heavy atom. The lowest BCUT2D eigenvalue weighted by atomic mass is 10.2. The summed E-state index contributed by atoms with van der Waals surface area (Å²) >= 11 is 0. The van der Waals surface area contributed by atoms with Crippen molar-refractivity contribution in [2.45, 2.75) is 0 Å². The number of hydrogen-bond donors (Lipinski definition) is 1. The number of aromatic nitrogens is 2. The van der Waals surface area contributed by atoms with E-state index in [-0.39, 0.29) is 11.7 Å². The van der Waals surface area contributed by atoms with Crippen LogP contribution >= 0.6 is 0 Å². The zero-order chi connectivity index (χ0) is 16.2. The largest absolute Gasteiger partial charge is 0.353 e. The Labute approximate surface area is 133 Å². The van der Waals surface area contributed by atoms with Gasteiger partial charge in [-0.3, -0.25) is 4.79 Å². The molecule has 1 aliphatic rings. The van der Waals surface area contributed by atoms with Crippen LogP contribution in [-0.4, -0.2) is 54.2 Å². The predicted octanol–water partition coefficient (Wildman–Crippen LogP) is 1.62. The average molecular weight is 315 g/mol. The number of anilines is 2. The molecule has 1 aliphatic heterocycles. The molecule has 0 atom stereocenters. The summed E-state index contributed by atoms with van der Waals surface area (Å²) in [6.45, 7) is 3.80. The van der Waals surface area contributed by atoms with Crippen LogP contribution in [0.1, 0.15) is 10.4 Å². The topological polar surface area (TPSA) is 61.4 Å². The molecule has 0 unspecified atom stereocenters. The second-order valence-electron chi connectivity index (χ2n) is 5.53. The van der Waals surface area contributed by atoms with Gasteiger partial charge in [-0.15, -0.1) is 10.2 Å². The summed E-state index contributed by atoms with van der Waals surface area (Å²) in [6.07, 6.45) is 0. The molecular weight excluding hydrogens is 297 g/mol. The van der Waals surface area contributed by atoms with Crippen LogP contribution < -0.4 is 10.2 Å². The molecule has 2 heterocycles. The number of rotatable bonds is 3. The number of piperazine rings is 1. The fourth-order valence-corrected chi connectivity index (χ4v) is 2.39. The highest BCUT2D eigenvalue weighted by atomic mass is 19.1. The van der Waals surface area contributed by atoms with Crippen LogP contribution in [0.5, 0.6) is 0 Å². The average Bonchev–Trinajstić information content (AvgIpc) is 2.57. The van der Waals surface area contributed by atoms with Crippen LogP contribution in [-0.2, 0) is 0 Å². The number of carbonyl (C=O) groups excluding carboxylic acids is 1. The Morgan fingerprint density at radius 1 is 1.04 bits per heavy atom. The molecule has 0 radical (unpaired) electrons. The summed E-state index contributed by atoms with van der Waals surface area (Å²) in [5, 5.41) is 10.9. The molecule has 1 saturated heterocycles. The summed E-state index contributed by atoms with van der Waals surface area (Å²) in [6, 6.07) is 8.92. The third kappa shape index (κ3) is 3.81. The quantitative estimate of drug-likeness (QED) is 0.932. The summed E-state index contributed by atoms with van der Waals surface area (Å²) < 4.78 is 12.9. The maximum atomic E-state index is 12.9. The predicted molar refractivity (Wildman–Crippen MR) is 86.1 cm³/mol. The minimum absolute atomic E-state index is 0.341. The Hall–Kier alpha value is -2.54. The zero-order valence-corrected chi connectivity index (χ0v) is 12.9. The minimum Gasteiger partial charge on any atom is -0.353 e. The van der Waals surface area contributed by atoms with Crippen molar-refractivity contribution in [1.29, 1.82) is 0 Å². The number of carbonyl (C=O) groups is 1. The third-order valence-corrected chi connectivity index (χ3v) is 3.83. The normalized spacial score (nSPS) is 15.5. The van der Waals surface area contributed by atoms with Gasteiger partial charge in [0.15, 0.2) is 11.6 Å². The maximum absolute atomic E-state index is 12.9. The first-order valence-electron chi connectivity index (χ1n) is 7.46. The lowest BCUT2D eigenvalue weighted by Gasteiger charge is -2.32. The van der Waals surface area contributed by atoms with Crippen molar-refractivity contribution >= 4 is 17.5 Å². The van der Waals surface area contributed by atoms with Gasteiger partial charge in [0.1, 0.15) is 5.82 Å². The zero-order valence-electron chi connectivity index (χ0n) is 12.9. The number of amides is 1. The Kier molecular flexibility index (Phi) is 4.47. The number of hydrogen-bond acceptors (Lipinski definition) is 5. The molecule has 1 aromatic carbocycles. The second-order valence-corrected chi connectivity index (χ2v) is 5.53. The van der Waals surface area contributed by atoms with Gasteiger partial charge in [0.2, 0.25) is 0 Å². The molecule has 1 amide bonds. The smallest absolute Gasteiger partial charge is 0.256 e. The van der Waals surface area contributed by atoms with Crippen LogP contribution in [0.3, 0.4) is 0 Å². The molecule has 0 bridgehead atoms. The highest BCUT2D eigenvalue weighted by Crippen LogP contribution is 2.14. The molecule has 2 aromatic rings. The van der Waals surface area contributed by atoms with E-state index in [0.29, 0.717) is 11.4 Å². The number of nitrogens with one attached hydrogen (secondary N) is 1. The number of nitrogens with zero attached hydrogens (tertiary/aromatic N) is 4. The summed E-state index contributed by atoms with van der Waals surface area (Å²) in [7, 11) is 2.09. The van der Waals surface area contributed by atoms with Crippen molar-refractivity contribution in [3.8, 4) is 0 Å². The summed E-state index contributed by atoms with van der Waals surface area (Å²) in [5.74, 6) is 0.458. The van der Waals surface area contributed by atoms with Crippen LogP contribution in [0, 0.1) is 5.82 Å². The molecule has 1 N–H and O–H groups in total. The van der Waals surface area contributed by atoms with Gasteiger partial charge in [0.05, 0.1) is 0 Å². The molecule has 1 aromatic heterocycles. The standard InChI is InChI=1S/C16H18FN5O/c1-21-8-10-22(11-9-21)15-7-6-14(19-20-15)18-16(23)12-2-4-13(17)5-3-12/h2-7H,8-11H2,1H3,(H,18,19,23). The second kappa shape index (κ2) is 6.70. The molecule has 6 nitrogen and oxygen atoms in total. The SMILES string of the molecule is CN1CCN(c2ccc(NC(=O)c3ccc(F)cc3)nn2)CC1. The summed E-state index contributed by atoms with van der Waals surface area (Å²) in [5.41, 5.74) is 0.372. The van der Waals surface area contributed by atoms with E-state index in [0.717, 1.165) is 32.0 Å². The number of halogens is 1. The van der Waals surface area contributed by atoms with Gasteiger partial charge in [0.25, 0.3) is 5.91 Å². The molecule has 0 aliphatic carbocycles. The van der Waals surface area contributed by atoms with Gasteiger partial charge in [-0.25, -0.2) is 4.39 Å². The van der Waals surface area contributed by atoms with Crippen molar-refractivity contribution < 1.29 is 9.18 Å². The van der Waals surface area contributed by atoms with Gasteiger partial charge >= 0.3 is 0 Å². The van der Waals surface area contributed by atoms with Crippen molar-refractivity contribution in [1.82, 2.24) is 15.1 Å². The third-order valence-electron chi connectivity index (χ3n) is 3.83. The minimum atomic E-state index is -0.377. The van der Waals surface area contributed by atoms with Gasteiger partial charge in [-0.1, -0.05) is 0 Å². The lowest BCUT2D eigenvalue weighted by molar-refractivity contribution is 0.102. The fraction of sp³-hybridized carbons (Fsp3) is 0.312. The number of benzene rings is 1. The first-order valence-corrected chi connectivity index (χ1v) is 7.46. The summed E-state index contributed by atoms with van der Waals surface area (Å²) in [4.78, 5) is 16.5. The van der Waals surface area contributed by atoms with Gasteiger partial charge in [0, 0.05) is 31.7 Å². The van der Waals surface area contributed by atoms with E-state index in [2.05, 4.69) is 32.4 Å². The van der Waals surface area contributed by atoms with Crippen molar-refractivity contribution in [2.24, 2.45) is 0 Å². The van der Waals surface area contributed by atoms with Crippen molar-refractivity contribution in [3.05, 3.63) is 47.8 Å². The first-order chi connectivity index (χ1) is 11.1. The molecule has 1 fully saturated rings. The van der Waals surface area contributed by atoms with Gasteiger partial charge < -0.3 is 15.1 Å². The lowest BCUT2D eigenvalue weighted by Crippen LogP contribution is -2.44. The molecule has 0 saturated carbocycles. The van der Waals surface area contributed by atoms with E-state index in [9.17, 15) is 9.18 Å². The molecule has 7 heteroatoms. The van der Waals surface area contributed by atoms with Crippen LogP contribution in [0.4, 0.5) is 16.0 Å². The number of likely N-dealkylation sites (N-methyl/N-ethyl adjacent to an activating group) is 1. The molecule has 23 heavy (non-hydrogen) atoms. The molecule has 120 valence electrons. The van der Waals surface area contributed by atoms with E-state index in [1.807, 2.05) is 6.07 Å². The maximum Gasteiger partial charge on any atom is 0.256 e. The van der Waals surface area contributed by atoms with E-state index in [1.54, 1.807) is 6.07 Å². The molecule has 3 rings (SSSR count).